The molecule has 20 heavy (non-hydrogen) atoms. The molecule has 0 radical (unpaired) electrons. The lowest BCUT2D eigenvalue weighted by atomic mass is 9.82. The lowest BCUT2D eigenvalue weighted by Gasteiger charge is -2.31. The number of carbonyl (C=O) groups is 2. The number of rotatable bonds is 6. The zero-order valence-electron chi connectivity index (χ0n) is 11.8. The minimum Gasteiger partial charge on any atom is -0.481 e. The van der Waals surface area contributed by atoms with Gasteiger partial charge in [0.2, 0.25) is 5.91 Å². The van der Waals surface area contributed by atoms with Gasteiger partial charge in [-0.3, -0.25) is 9.59 Å². The van der Waals surface area contributed by atoms with Crippen molar-refractivity contribution < 1.29 is 14.7 Å². The van der Waals surface area contributed by atoms with Gasteiger partial charge in [0.1, 0.15) is 0 Å². The number of allylic oxidation sites excluding steroid dienone is 2. The number of aliphatic carboxylic acids is 1. The number of carboxylic acid groups (broad SMARTS) is 1. The van der Waals surface area contributed by atoms with E-state index in [0.717, 1.165) is 13.1 Å². The second-order valence-corrected chi connectivity index (χ2v) is 6.62. The maximum atomic E-state index is 12.8. The zero-order chi connectivity index (χ0) is 14.1. The Morgan fingerprint density at radius 3 is 1.90 bits per heavy atom. The molecule has 0 aromatic heterocycles. The number of nitrogens with zero attached hydrogens (tertiary/aromatic N) is 1. The van der Waals surface area contributed by atoms with Crippen LogP contribution in [-0.4, -0.2) is 35.0 Å². The standard InChI is InChI=1S/C16H23NO3/c18-15(13-3-1-2-4-14(13)16(19)20)17(9-11-5-6-11)10-12-7-8-12/h1-2,11-14H,3-10H2,(H,19,20)/t13-,14+/m1/s1. The van der Waals surface area contributed by atoms with Crippen LogP contribution in [0.25, 0.3) is 0 Å². The van der Waals surface area contributed by atoms with Gasteiger partial charge in [-0.15, -0.1) is 0 Å². The molecule has 0 aromatic rings. The second-order valence-electron chi connectivity index (χ2n) is 6.62. The third-order valence-electron chi connectivity index (χ3n) is 4.73. The molecule has 4 nitrogen and oxygen atoms in total. The van der Waals surface area contributed by atoms with Crippen molar-refractivity contribution in [2.24, 2.45) is 23.7 Å². The van der Waals surface area contributed by atoms with Crippen molar-refractivity contribution in [2.45, 2.75) is 38.5 Å². The van der Waals surface area contributed by atoms with Gasteiger partial charge in [0.05, 0.1) is 11.8 Å². The predicted octanol–water partition coefficient (Wildman–Crippen LogP) is 2.30. The average Bonchev–Trinajstić information content (AvgIpc) is 3.32. The Kier molecular flexibility index (Phi) is 3.81. The molecule has 4 heteroatoms. The fraction of sp³-hybridized carbons (Fsp3) is 0.750. The molecule has 0 unspecified atom stereocenters. The molecule has 0 bridgehead atoms. The molecule has 3 aliphatic carbocycles. The van der Waals surface area contributed by atoms with E-state index >= 15 is 0 Å². The van der Waals surface area contributed by atoms with Crippen molar-refractivity contribution >= 4 is 11.9 Å². The van der Waals surface area contributed by atoms with E-state index < -0.39 is 11.9 Å². The number of hydrogen-bond acceptors (Lipinski definition) is 2. The predicted molar refractivity (Wildman–Crippen MR) is 75.0 cm³/mol. The van der Waals surface area contributed by atoms with Gasteiger partial charge in [0.25, 0.3) is 0 Å². The quantitative estimate of drug-likeness (QED) is 0.758. The monoisotopic (exact) mass is 277 g/mol. The van der Waals surface area contributed by atoms with E-state index in [1.807, 2.05) is 17.1 Å². The van der Waals surface area contributed by atoms with E-state index in [4.69, 9.17) is 0 Å². The van der Waals surface area contributed by atoms with Gasteiger partial charge in [0.15, 0.2) is 0 Å². The van der Waals surface area contributed by atoms with E-state index in [0.29, 0.717) is 24.7 Å². The molecule has 0 saturated heterocycles. The van der Waals surface area contributed by atoms with Crippen molar-refractivity contribution in [1.29, 1.82) is 0 Å². The van der Waals surface area contributed by atoms with Crippen molar-refractivity contribution in [3.8, 4) is 0 Å². The van der Waals surface area contributed by atoms with Crippen LogP contribution in [0.4, 0.5) is 0 Å². The van der Waals surface area contributed by atoms with Crippen LogP contribution in [-0.2, 0) is 9.59 Å². The molecule has 2 saturated carbocycles. The topological polar surface area (TPSA) is 57.6 Å². The van der Waals surface area contributed by atoms with Gasteiger partial charge in [-0.25, -0.2) is 0 Å². The highest BCUT2D eigenvalue weighted by atomic mass is 16.4. The van der Waals surface area contributed by atoms with Crippen LogP contribution in [0.3, 0.4) is 0 Å². The first kappa shape index (κ1) is 13.7. The second kappa shape index (κ2) is 5.58. The number of hydrogen-bond donors (Lipinski definition) is 1. The molecule has 0 spiro atoms. The highest BCUT2D eigenvalue weighted by Gasteiger charge is 2.39. The fourth-order valence-corrected chi connectivity index (χ4v) is 3.07. The summed E-state index contributed by atoms with van der Waals surface area (Å²) in [6.45, 7) is 1.70. The Hall–Kier alpha value is -1.32. The molecule has 1 amide bonds. The molecule has 2 atom stereocenters. The summed E-state index contributed by atoms with van der Waals surface area (Å²) in [4.78, 5) is 26.1. The first-order chi connectivity index (χ1) is 9.65. The molecule has 0 aliphatic heterocycles. The first-order valence-corrected chi connectivity index (χ1v) is 7.81. The van der Waals surface area contributed by atoms with Gasteiger partial charge in [0, 0.05) is 13.1 Å². The SMILES string of the molecule is O=C(O)[C@H]1CC=CC[C@H]1C(=O)N(CC1CC1)CC1CC1. The summed E-state index contributed by atoms with van der Waals surface area (Å²) in [5.41, 5.74) is 0. The van der Waals surface area contributed by atoms with Crippen LogP contribution in [0.5, 0.6) is 0 Å². The van der Waals surface area contributed by atoms with Crippen LogP contribution < -0.4 is 0 Å². The third kappa shape index (κ3) is 3.22. The number of amides is 1. The van der Waals surface area contributed by atoms with Crippen molar-refractivity contribution in [3.05, 3.63) is 12.2 Å². The van der Waals surface area contributed by atoms with E-state index in [2.05, 4.69) is 0 Å². The van der Waals surface area contributed by atoms with Crippen molar-refractivity contribution in [2.75, 3.05) is 13.1 Å². The summed E-state index contributed by atoms with van der Waals surface area (Å²) >= 11 is 0. The molecule has 1 N–H and O–H groups in total. The van der Waals surface area contributed by atoms with Gasteiger partial charge < -0.3 is 10.0 Å². The third-order valence-corrected chi connectivity index (χ3v) is 4.73. The smallest absolute Gasteiger partial charge is 0.307 e. The fourth-order valence-electron chi connectivity index (χ4n) is 3.07. The summed E-state index contributed by atoms with van der Waals surface area (Å²) in [7, 11) is 0. The summed E-state index contributed by atoms with van der Waals surface area (Å²) in [5.74, 6) is -0.297. The van der Waals surface area contributed by atoms with Crippen LogP contribution in [0.2, 0.25) is 0 Å². The Morgan fingerprint density at radius 1 is 0.950 bits per heavy atom. The van der Waals surface area contributed by atoms with E-state index in [1.54, 1.807) is 0 Å². The summed E-state index contributed by atoms with van der Waals surface area (Å²) in [6.07, 6.45) is 9.84. The van der Waals surface area contributed by atoms with Gasteiger partial charge in [-0.1, -0.05) is 12.2 Å². The minimum atomic E-state index is -0.828. The lowest BCUT2D eigenvalue weighted by Crippen LogP contribution is -2.43. The molecule has 3 aliphatic rings. The Balaban J connectivity index is 1.68. The Labute approximate surface area is 119 Å². The highest BCUT2D eigenvalue weighted by Crippen LogP contribution is 2.36. The van der Waals surface area contributed by atoms with Crippen LogP contribution >= 0.6 is 0 Å². The molecular formula is C16H23NO3. The zero-order valence-corrected chi connectivity index (χ0v) is 11.8. The summed E-state index contributed by atoms with van der Waals surface area (Å²) < 4.78 is 0. The molecule has 2 fully saturated rings. The molecule has 110 valence electrons. The van der Waals surface area contributed by atoms with Crippen LogP contribution in [0.1, 0.15) is 38.5 Å². The minimum absolute atomic E-state index is 0.0838. The summed E-state index contributed by atoms with van der Waals surface area (Å²) in [6, 6.07) is 0. The summed E-state index contributed by atoms with van der Waals surface area (Å²) in [5, 5.41) is 9.32. The van der Waals surface area contributed by atoms with E-state index in [1.165, 1.54) is 25.7 Å². The van der Waals surface area contributed by atoms with Crippen molar-refractivity contribution in [3.63, 3.8) is 0 Å². The van der Waals surface area contributed by atoms with Crippen LogP contribution in [0.15, 0.2) is 12.2 Å². The maximum absolute atomic E-state index is 12.8. The Bertz CT molecular complexity index is 409. The van der Waals surface area contributed by atoms with Gasteiger partial charge in [-0.2, -0.15) is 0 Å². The molecule has 0 aromatic carbocycles. The van der Waals surface area contributed by atoms with Crippen molar-refractivity contribution in [1.82, 2.24) is 4.90 Å². The van der Waals surface area contributed by atoms with Gasteiger partial charge in [-0.05, 0) is 50.4 Å². The largest absolute Gasteiger partial charge is 0.481 e. The average molecular weight is 277 g/mol. The molecular weight excluding hydrogens is 254 g/mol. The van der Waals surface area contributed by atoms with Crippen LogP contribution in [0, 0.1) is 23.7 Å². The normalized spacial score (nSPS) is 29.2. The lowest BCUT2D eigenvalue weighted by molar-refractivity contribution is -0.150. The Morgan fingerprint density at radius 2 is 1.45 bits per heavy atom. The maximum Gasteiger partial charge on any atom is 0.307 e. The first-order valence-electron chi connectivity index (χ1n) is 7.81. The van der Waals surface area contributed by atoms with E-state index in [9.17, 15) is 14.7 Å². The molecule has 0 heterocycles. The number of carboxylic acids is 1. The van der Waals surface area contributed by atoms with Gasteiger partial charge >= 0.3 is 5.97 Å². The van der Waals surface area contributed by atoms with E-state index in [-0.39, 0.29) is 11.8 Å². The molecule has 3 rings (SSSR count). The number of carbonyl (C=O) groups excluding carboxylic acids is 1. The highest BCUT2D eigenvalue weighted by molar-refractivity contribution is 5.85.